The molecule has 1 N–H and O–H groups in total. The Morgan fingerprint density at radius 2 is 1.92 bits per heavy atom. The molecule has 2 heterocycles. The summed E-state index contributed by atoms with van der Waals surface area (Å²) >= 11 is 0. The van der Waals surface area contributed by atoms with Gasteiger partial charge in [-0.25, -0.2) is 13.2 Å². The van der Waals surface area contributed by atoms with Crippen molar-refractivity contribution in [3.8, 4) is 0 Å². The van der Waals surface area contributed by atoms with Crippen molar-refractivity contribution >= 4 is 26.6 Å². The topological polar surface area (TPSA) is 66.5 Å². The zero-order chi connectivity index (χ0) is 18.1. The van der Waals surface area contributed by atoms with Crippen molar-refractivity contribution in [1.29, 1.82) is 0 Å². The molecule has 4 rings (SSSR count). The Bertz CT molecular complexity index is 920. The largest absolute Gasteiger partial charge is 0.334 e. The van der Waals surface area contributed by atoms with Gasteiger partial charge in [0.1, 0.15) is 0 Å². The van der Waals surface area contributed by atoms with E-state index >= 15 is 0 Å². The second-order valence-corrected chi connectivity index (χ2v) is 9.61. The van der Waals surface area contributed by atoms with Crippen molar-refractivity contribution < 1.29 is 13.2 Å². The number of carbonyl (C=O) groups excluding carboxylic acids is 1. The zero-order valence-electron chi connectivity index (χ0n) is 14.7. The van der Waals surface area contributed by atoms with Gasteiger partial charge in [-0.2, -0.15) is 0 Å². The molecule has 5 nitrogen and oxygen atoms in total. The third-order valence-corrected chi connectivity index (χ3v) is 7.30. The first kappa shape index (κ1) is 17.3. The molecule has 0 saturated carbocycles. The van der Waals surface area contributed by atoms with Crippen LogP contribution in [0.3, 0.4) is 0 Å². The summed E-state index contributed by atoms with van der Waals surface area (Å²) in [6.07, 6.45) is 3.33. The Balaban J connectivity index is 1.47. The van der Waals surface area contributed by atoms with Gasteiger partial charge in [-0.3, -0.25) is 0 Å². The van der Waals surface area contributed by atoms with Gasteiger partial charge in [-0.15, -0.1) is 0 Å². The monoisotopic (exact) mass is 372 g/mol. The average molecular weight is 372 g/mol. The van der Waals surface area contributed by atoms with Crippen LogP contribution in [-0.2, 0) is 16.3 Å². The summed E-state index contributed by atoms with van der Waals surface area (Å²) in [5.74, 6) is 0.248. The predicted octanol–water partition coefficient (Wildman–Crippen LogP) is 2.74. The number of hydrogen-bond acceptors (Lipinski definition) is 3. The first-order valence-corrected chi connectivity index (χ1v) is 11.1. The second-order valence-electron chi connectivity index (χ2n) is 7.38. The summed E-state index contributed by atoms with van der Waals surface area (Å²) in [4.78, 5) is 14.6. The molecule has 2 fully saturated rings. The van der Waals surface area contributed by atoms with Crippen LogP contribution in [0.4, 0.5) is 4.79 Å². The van der Waals surface area contributed by atoms with Crippen LogP contribution in [-0.4, -0.2) is 49.5 Å². The Hall–Kier alpha value is -2.08. The Kier molecular flexibility index (Phi) is 4.61. The van der Waals surface area contributed by atoms with Crippen LogP contribution in [0.5, 0.6) is 0 Å². The number of fused-ring (bicyclic) bond motifs is 1. The highest BCUT2D eigenvalue weighted by molar-refractivity contribution is 7.91. The Labute approximate surface area is 154 Å². The van der Waals surface area contributed by atoms with Gasteiger partial charge in [-0.05, 0) is 42.0 Å². The van der Waals surface area contributed by atoms with E-state index < -0.39 is 9.84 Å². The molecule has 0 aliphatic carbocycles. The minimum atomic E-state index is -2.98. The van der Waals surface area contributed by atoms with E-state index in [1.807, 2.05) is 17.0 Å². The molecule has 0 aromatic heterocycles. The molecule has 2 amide bonds. The average Bonchev–Trinajstić information content (AvgIpc) is 3.21. The highest BCUT2D eigenvalue weighted by Gasteiger charge is 2.33. The van der Waals surface area contributed by atoms with Crippen molar-refractivity contribution in [1.82, 2.24) is 10.2 Å². The molecule has 2 saturated heterocycles. The van der Waals surface area contributed by atoms with Gasteiger partial charge in [-0.1, -0.05) is 42.5 Å². The predicted molar refractivity (Wildman–Crippen MR) is 103 cm³/mol. The van der Waals surface area contributed by atoms with Gasteiger partial charge < -0.3 is 10.2 Å². The molecule has 2 atom stereocenters. The van der Waals surface area contributed by atoms with Crippen LogP contribution in [0, 0.1) is 0 Å². The molecule has 2 aliphatic heterocycles. The van der Waals surface area contributed by atoms with Gasteiger partial charge in [0.2, 0.25) is 0 Å². The number of urea groups is 1. The molecule has 26 heavy (non-hydrogen) atoms. The lowest BCUT2D eigenvalue weighted by atomic mass is 9.98. The van der Waals surface area contributed by atoms with Crippen LogP contribution in [0.15, 0.2) is 42.5 Å². The van der Waals surface area contributed by atoms with Gasteiger partial charge in [0.05, 0.1) is 11.5 Å². The summed E-state index contributed by atoms with van der Waals surface area (Å²) in [5, 5.41) is 5.39. The van der Waals surface area contributed by atoms with Gasteiger partial charge in [0.25, 0.3) is 0 Å². The molecule has 2 aromatic carbocycles. The number of nitrogens with zero attached hydrogens (tertiary/aromatic N) is 1. The van der Waals surface area contributed by atoms with E-state index in [9.17, 15) is 13.2 Å². The molecule has 0 radical (unpaired) electrons. The number of sulfone groups is 1. The summed E-state index contributed by atoms with van der Waals surface area (Å²) in [5.41, 5.74) is 1.26. The number of nitrogens with one attached hydrogen (secondary N) is 1. The van der Waals surface area contributed by atoms with E-state index in [0.717, 1.165) is 25.8 Å². The third-order valence-electron chi connectivity index (χ3n) is 5.53. The maximum atomic E-state index is 12.7. The lowest BCUT2D eigenvalue weighted by Crippen LogP contribution is -2.47. The molecule has 0 unspecified atom stereocenters. The molecule has 0 spiro atoms. The normalized spacial score (nSPS) is 24.8. The number of carbonyl (C=O) groups is 1. The van der Waals surface area contributed by atoms with Gasteiger partial charge in [0, 0.05) is 18.6 Å². The van der Waals surface area contributed by atoms with Crippen molar-refractivity contribution in [3.05, 3.63) is 48.0 Å². The van der Waals surface area contributed by atoms with Crippen molar-refractivity contribution in [2.75, 3.05) is 18.1 Å². The minimum Gasteiger partial charge on any atom is -0.334 e. The van der Waals surface area contributed by atoms with Crippen molar-refractivity contribution in [3.63, 3.8) is 0 Å². The Morgan fingerprint density at radius 3 is 2.73 bits per heavy atom. The highest BCUT2D eigenvalue weighted by Crippen LogP contribution is 2.26. The van der Waals surface area contributed by atoms with Crippen LogP contribution in [0.2, 0.25) is 0 Å². The van der Waals surface area contributed by atoms with E-state index in [2.05, 4.69) is 35.6 Å². The fourth-order valence-corrected chi connectivity index (χ4v) is 5.88. The molecule has 6 heteroatoms. The smallest absolute Gasteiger partial charge is 0.317 e. The Morgan fingerprint density at radius 1 is 1.12 bits per heavy atom. The molecule has 0 bridgehead atoms. The lowest BCUT2D eigenvalue weighted by molar-refractivity contribution is 0.189. The van der Waals surface area contributed by atoms with E-state index in [4.69, 9.17) is 0 Å². The maximum Gasteiger partial charge on any atom is 0.317 e. The van der Waals surface area contributed by atoms with E-state index in [-0.39, 0.29) is 29.6 Å². The van der Waals surface area contributed by atoms with Gasteiger partial charge >= 0.3 is 6.03 Å². The maximum absolute atomic E-state index is 12.7. The number of amides is 2. The SMILES string of the molecule is O=C(N[C@@H]1CCS(=O)(=O)C1)N1CCC[C@H]1Cc1cccc2ccccc12. The molecular weight excluding hydrogens is 348 g/mol. The fourth-order valence-electron chi connectivity index (χ4n) is 4.21. The summed E-state index contributed by atoms with van der Waals surface area (Å²) in [6.45, 7) is 0.737. The summed E-state index contributed by atoms with van der Waals surface area (Å²) in [7, 11) is -2.98. The number of likely N-dealkylation sites (tertiary alicyclic amines) is 1. The third kappa shape index (κ3) is 3.56. The van der Waals surface area contributed by atoms with Crippen LogP contribution < -0.4 is 5.32 Å². The number of benzene rings is 2. The molecule has 2 aromatic rings. The van der Waals surface area contributed by atoms with E-state index in [1.165, 1.54) is 16.3 Å². The first-order chi connectivity index (χ1) is 12.5. The molecule has 138 valence electrons. The van der Waals surface area contributed by atoms with Crippen LogP contribution in [0.1, 0.15) is 24.8 Å². The van der Waals surface area contributed by atoms with Crippen molar-refractivity contribution in [2.24, 2.45) is 0 Å². The standard InChI is InChI=1S/C20H24N2O3S/c23-20(21-17-10-12-26(24,25)14-17)22-11-4-8-18(22)13-16-7-3-6-15-5-1-2-9-19(15)16/h1-3,5-7,9,17-18H,4,8,10-14H2,(H,21,23)/t17-,18+/m1/s1. The number of rotatable bonds is 3. The molecular formula is C20H24N2O3S. The van der Waals surface area contributed by atoms with Crippen LogP contribution in [0.25, 0.3) is 10.8 Å². The lowest BCUT2D eigenvalue weighted by Gasteiger charge is -2.27. The zero-order valence-corrected chi connectivity index (χ0v) is 15.5. The quantitative estimate of drug-likeness (QED) is 0.901. The number of hydrogen-bond donors (Lipinski definition) is 1. The highest BCUT2D eigenvalue weighted by atomic mass is 32.2. The molecule has 2 aliphatic rings. The minimum absolute atomic E-state index is 0.0700. The van der Waals surface area contributed by atoms with Crippen LogP contribution >= 0.6 is 0 Å². The van der Waals surface area contributed by atoms with E-state index in [0.29, 0.717) is 6.42 Å². The fraction of sp³-hybridized carbons (Fsp3) is 0.450. The summed E-state index contributed by atoms with van der Waals surface area (Å²) in [6, 6.07) is 14.5. The second kappa shape index (κ2) is 6.91. The van der Waals surface area contributed by atoms with E-state index in [1.54, 1.807) is 0 Å². The first-order valence-electron chi connectivity index (χ1n) is 9.26. The van der Waals surface area contributed by atoms with Crippen molar-refractivity contribution in [2.45, 2.75) is 37.8 Å². The summed E-state index contributed by atoms with van der Waals surface area (Å²) < 4.78 is 23.2. The van der Waals surface area contributed by atoms with Gasteiger partial charge in [0.15, 0.2) is 9.84 Å².